The molecule has 90 valence electrons. The van der Waals surface area contributed by atoms with E-state index in [1.807, 2.05) is 0 Å². The molecule has 0 N–H and O–H groups in total. The first-order valence-corrected chi connectivity index (χ1v) is 5.27. The number of Topliss-reactive ketones (excluding diaryl/α,β-unsaturated/α-hetero) is 1. The van der Waals surface area contributed by atoms with Crippen LogP contribution in [0.25, 0.3) is 5.57 Å². The minimum atomic E-state index is -0.864. The Labute approximate surface area is 103 Å². The average molecular weight is 257 g/mol. The Hall–Kier alpha value is -1.48. The molecule has 0 unspecified atom stereocenters. The van der Waals surface area contributed by atoms with Crippen LogP contribution in [-0.4, -0.2) is 5.78 Å². The Bertz CT molecular complexity index is 495. The van der Waals surface area contributed by atoms with Gasteiger partial charge in [0.15, 0.2) is 5.78 Å². The van der Waals surface area contributed by atoms with Crippen LogP contribution < -0.4 is 0 Å². The molecule has 1 aromatic rings. The molecule has 0 saturated heterocycles. The molecule has 0 fully saturated rings. The molecule has 4 heteroatoms. The summed E-state index contributed by atoms with van der Waals surface area (Å²) in [6.07, 6.45) is 1.58. The first-order valence-electron chi connectivity index (χ1n) is 4.90. The van der Waals surface area contributed by atoms with Gasteiger partial charge in [-0.3, -0.25) is 4.79 Å². The summed E-state index contributed by atoms with van der Waals surface area (Å²) in [7, 11) is 0. The van der Waals surface area contributed by atoms with Crippen LogP contribution in [0.1, 0.15) is 19.4 Å². The maximum absolute atomic E-state index is 13.3. The van der Waals surface area contributed by atoms with Crippen molar-refractivity contribution in [2.75, 3.05) is 0 Å². The van der Waals surface area contributed by atoms with E-state index >= 15 is 0 Å². The fraction of sp³-hybridized carbons (Fsp3) is 0.154. The van der Waals surface area contributed by atoms with Crippen LogP contribution in [0.5, 0.6) is 0 Å². The van der Waals surface area contributed by atoms with Gasteiger partial charge >= 0.3 is 0 Å². The molecule has 1 nitrogen and oxygen atoms in total. The number of hydrogen-bond acceptors (Lipinski definition) is 1. The Morgan fingerprint density at radius 2 is 1.82 bits per heavy atom. The molecule has 0 aliphatic carbocycles. The highest BCUT2D eigenvalue weighted by molar-refractivity contribution is 6.31. The SMILES string of the molecule is C=C(C(C)=O)C(=CC)c1cc(F)c(Cl)c(F)c1. The van der Waals surface area contributed by atoms with Crippen molar-refractivity contribution < 1.29 is 13.6 Å². The summed E-state index contributed by atoms with van der Waals surface area (Å²) in [6.45, 7) is 6.59. The molecule has 0 atom stereocenters. The van der Waals surface area contributed by atoms with Gasteiger partial charge in [-0.15, -0.1) is 0 Å². The number of rotatable bonds is 3. The van der Waals surface area contributed by atoms with Crippen molar-refractivity contribution in [3.63, 3.8) is 0 Å². The molecule has 0 aliphatic rings. The van der Waals surface area contributed by atoms with Crippen LogP contribution in [0.4, 0.5) is 8.78 Å². The Morgan fingerprint density at radius 3 is 2.18 bits per heavy atom. The zero-order chi connectivity index (χ0) is 13.2. The minimum Gasteiger partial charge on any atom is -0.295 e. The first-order chi connectivity index (χ1) is 7.88. The lowest BCUT2D eigenvalue weighted by Gasteiger charge is -2.09. The fourth-order valence-corrected chi connectivity index (χ4v) is 1.52. The summed E-state index contributed by atoms with van der Waals surface area (Å²) in [4.78, 5) is 11.2. The van der Waals surface area contributed by atoms with E-state index in [1.54, 1.807) is 13.0 Å². The normalized spacial score (nSPS) is 11.5. The third-order valence-corrected chi connectivity index (χ3v) is 2.69. The van der Waals surface area contributed by atoms with Crippen molar-refractivity contribution in [2.24, 2.45) is 0 Å². The number of carbonyl (C=O) groups is 1. The third-order valence-electron chi connectivity index (χ3n) is 2.33. The van der Waals surface area contributed by atoms with Crippen molar-refractivity contribution >= 4 is 23.0 Å². The number of halogens is 3. The van der Waals surface area contributed by atoms with Crippen molar-refractivity contribution in [2.45, 2.75) is 13.8 Å². The quantitative estimate of drug-likeness (QED) is 0.451. The summed E-state index contributed by atoms with van der Waals surface area (Å²) >= 11 is 5.38. The summed E-state index contributed by atoms with van der Waals surface area (Å²) in [6, 6.07) is 2.16. The highest BCUT2D eigenvalue weighted by atomic mass is 35.5. The lowest BCUT2D eigenvalue weighted by molar-refractivity contribution is -0.113. The fourth-order valence-electron chi connectivity index (χ4n) is 1.42. The van der Waals surface area contributed by atoms with E-state index in [9.17, 15) is 13.6 Å². The molecule has 0 bridgehead atoms. The highest BCUT2D eigenvalue weighted by Gasteiger charge is 2.14. The average Bonchev–Trinajstić information content (AvgIpc) is 2.26. The zero-order valence-corrected chi connectivity index (χ0v) is 10.2. The predicted octanol–water partition coefficient (Wildman–Crippen LogP) is 4.17. The van der Waals surface area contributed by atoms with Gasteiger partial charge in [0.1, 0.15) is 16.7 Å². The summed E-state index contributed by atoms with van der Waals surface area (Å²) in [5.74, 6) is -1.98. The maximum atomic E-state index is 13.3. The van der Waals surface area contributed by atoms with Crippen LogP contribution >= 0.6 is 11.6 Å². The molecule has 0 radical (unpaired) electrons. The molecule has 0 amide bonds. The van der Waals surface area contributed by atoms with Gasteiger partial charge in [0.2, 0.25) is 0 Å². The zero-order valence-electron chi connectivity index (χ0n) is 9.48. The van der Waals surface area contributed by atoms with Crippen LogP contribution in [0.15, 0.2) is 30.4 Å². The molecular weight excluding hydrogens is 246 g/mol. The van der Waals surface area contributed by atoms with Gasteiger partial charge in [0.25, 0.3) is 0 Å². The maximum Gasteiger partial charge on any atom is 0.159 e. The summed E-state index contributed by atoms with van der Waals surface area (Å²) in [5.41, 5.74) is 0.840. The van der Waals surface area contributed by atoms with Crippen LogP contribution in [-0.2, 0) is 4.79 Å². The van der Waals surface area contributed by atoms with Gasteiger partial charge in [0.05, 0.1) is 0 Å². The second kappa shape index (κ2) is 5.23. The first kappa shape index (κ1) is 13.6. The Morgan fingerprint density at radius 1 is 1.35 bits per heavy atom. The van der Waals surface area contributed by atoms with Crippen molar-refractivity contribution in [1.82, 2.24) is 0 Å². The van der Waals surface area contributed by atoms with Crippen molar-refractivity contribution in [1.29, 1.82) is 0 Å². The lowest BCUT2D eigenvalue weighted by atomic mass is 9.96. The molecule has 0 aliphatic heterocycles. The number of benzene rings is 1. The third kappa shape index (κ3) is 2.80. The monoisotopic (exact) mass is 256 g/mol. The van der Waals surface area contributed by atoms with Gasteiger partial charge in [0, 0.05) is 5.57 Å². The van der Waals surface area contributed by atoms with Gasteiger partial charge in [-0.05, 0) is 37.1 Å². The summed E-state index contributed by atoms with van der Waals surface area (Å²) < 4.78 is 26.6. The molecule has 17 heavy (non-hydrogen) atoms. The van der Waals surface area contributed by atoms with E-state index in [0.29, 0.717) is 5.57 Å². The number of carbonyl (C=O) groups excluding carboxylic acids is 1. The molecular formula is C13H11ClF2O. The van der Waals surface area contributed by atoms with Gasteiger partial charge in [-0.25, -0.2) is 8.78 Å². The molecule has 0 spiro atoms. The molecule has 1 aromatic carbocycles. The van der Waals surface area contributed by atoms with E-state index in [1.165, 1.54) is 6.92 Å². The van der Waals surface area contributed by atoms with E-state index in [2.05, 4.69) is 6.58 Å². The topological polar surface area (TPSA) is 17.1 Å². The number of ketones is 1. The Balaban J connectivity index is 3.33. The van der Waals surface area contributed by atoms with Gasteiger partial charge < -0.3 is 0 Å². The second-order valence-corrected chi connectivity index (χ2v) is 3.87. The standard InChI is InChI=1S/C13H11ClF2O/c1-4-10(7(2)8(3)17)9-5-11(15)13(14)12(16)6-9/h4-6H,2H2,1,3H3. The van der Waals surface area contributed by atoms with E-state index in [4.69, 9.17) is 11.6 Å². The Kier molecular flexibility index (Phi) is 4.18. The number of hydrogen-bond donors (Lipinski definition) is 0. The van der Waals surface area contributed by atoms with E-state index < -0.39 is 16.7 Å². The number of allylic oxidation sites excluding steroid dienone is 3. The minimum absolute atomic E-state index is 0.202. The van der Waals surface area contributed by atoms with E-state index in [-0.39, 0.29) is 16.9 Å². The van der Waals surface area contributed by atoms with Crippen molar-refractivity contribution in [3.05, 3.63) is 52.6 Å². The smallest absolute Gasteiger partial charge is 0.159 e. The lowest BCUT2D eigenvalue weighted by Crippen LogP contribution is -2.00. The predicted molar refractivity (Wildman–Crippen MR) is 64.8 cm³/mol. The molecule has 0 heterocycles. The molecule has 0 saturated carbocycles. The van der Waals surface area contributed by atoms with Gasteiger partial charge in [-0.1, -0.05) is 24.3 Å². The summed E-state index contributed by atoms with van der Waals surface area (Å²) in [5, 5.41) is -0.558. The van der Waals surface area contributed by atoms with E-state index in [0.717, 1.165) is 12.1 Å². The van der Waals surface area contributed by atoms with Crippen LogP contribution in [0, 0.1) is 11.6 Å². The second-order valence-electron chi connectivity index (χ2n) is 3.49. The van der Waals surface area contributed by atoms with Crippen LogP contribution in [0.3, 0.4) is 0 Å². The molecule has 0 aromatic heterocycles. The highest BCUT2D eigenvalue weighted by Crippen LogP contribution is 2.28. The molecule has 1 rings (SSSR count). The van der Waals surface area contributed by atoms with Gasteiger partial charge in [-0.2, -0.15) is 0 Å². The van der Waals surface area contributed by atoms with Crippen molar-refractivity contribution in [3.8, 4) is 0 Å². The van der Waals surface area contributed by atoms with Crippen LogP contribution in [0.2, 0.25) is 5.02 Å². The largest absolute Gasteiger partial charge is 0.295 e.